The number of hydrogen-bond acceptors (Lipinski definition) is 1. The Morgan fingerprint density at radius 2 is 1.73 bits per heavy atom. The van der Waals surface area contributed by atoms with E-state index in [0.29, 0.717) is 0 Å². The third-order valence-corrected chi connectivity index (χ3v) is 2.80. The highest BCUT2D eigenvalue weighted by atomic mass is 79.9. The third kappa shape index (κ3) is 2.35. The molecule has 0 amide bonds. The smallest absolute Gasteiger partial charge is 0.260 e. The molecule has 0 fully saturated rings. The van der Waals surface area contributed by atoms with Gasteiger partial charge in [0.2, 0.25) is 0 Å². The predicted octanol–water partition coefficient (Wildman–Crippen LogP) is 4.19. The van der Waals surface area contributed by atoms with Crippen molar-refractivity contribution in [3.8, 4) is 0 Å². The zero-order valence-corrected chi connectivity index (χ0v) is 10.2. The molecule has 1 aromatic rings. The average Bonchev–Trinajstić information content (AvgIpc) is 2.42. The van der Waals surface area contributed by atoms with Crippen molar-refractivity contribution in [2.75, 3.05) is 0 Å². The second-order valence-electron chi connectivity index (χ2n) is 3.54. The van der Waals surface area contributed by atoms with Crippen molar-refractivity contribution in [3.05, 3.63) is 15.9 Å². The van der Waals surface area contributed by atoms with E-state index in [-0.39, 0.29) is 21.9 Å². The van der Waals surface area contributed by atoms with Gasteiger partial charge in [0.15, 0.2) is 0 Å². The molecule has 0 aliphatic rings. The number of alkyl halides is 3. The molecule has 0 radical (unpaired) electrons. The average molecular weight is 285 g/mol. The molecule has 6 heteroatoms. The molecule has 2 nitrogen and oxygen atoms in total. The summed E-state index contributed by atoms with van der Waals surface area (Å²) in [5, 5.41) is 3.84. The zero-order valence-electron chi connectivity index (χ0n) is 8.64. The van der Waals surface area contributed by atoms with E-state index < -0.39 is 12.6 Å². The monoisotopic (exact) mass is 284 g/mol. The van der Waals surface area contributed by atoms with Crippen LogP contribution < -0.4 is 0 Å². The summed E-state index contributed by atoms with van der Waals surface area (Å²) in [5.41, 5.74) is -0.233. The zero-order chi connectivity index (χ0) is 11.7. The summed E-state index contributed by atoms with van der Waals surface area (Å²) < 4.78 is 39.7. The van der Waals surface area contributed by atoms with Gasteiger partial charge in [-0.1, -0.05) is 0 Å². The van der Waals surface area contributed by atoms with Crippen molar-refractivity contribution in [3.63, 3.8) is 0 Å². The summed E-state index contributed by atoms with van der Waals surface area (Å²) in [7, 11) is 0. The van der Waals surface area contributed by atoms with Gasteiger partial charge in [-0.3, -0.25) is 4.68 Å². The molecule has 0 N–H and O–H groups in total. The van der Waals surface area contributed by atoms with Crippen LogP contribution in [-0.2, 0) is 0 Å². The minimum absolute atomic E-state index is 0.0269. The summed E-state index contributed by atoms with van der Waals surface area (Å²) >= 11 is 2.97. The first-order valence-electron chi connectivity index (χ1n) is 4.56. The predicted molar refractivity (Wildman–Crippen MR) is 54.8 cm³/mol. The van der Waals surface area contributed by atoms with Gasteiger partial charge in [-0.25, -0.2) is 13.2 Å². The third-order valence-electron chi connectivity index (χ3n) is 1.98. The Labute approximate surface area is 94.6 Å². The van der Waals surface area contributed by atoms with Crippen molar-refractivity contribution in [2.45, 2.75) is 39.4 Å². The highest BCUT2D eigenvalue weighted by Gasteiger charge is 2.26. The molecule has 86 valence electrons. The SMILES string of the molecule is CC(F)c1nn(C(C)C)c(C(F)F)c1Br. The molecule has 0 aromatic carbocycles. The molecule has 1 heterocycles. The van der Waals surface area contributed by atoms with E-state index in [9.17, 15) is 13.2 Å². The van der Waals surface area contributed by atoms with E-state index in [2.05, 4.69) is 21.0 Å². The van der Waals surface area contributed by atoms with E-state index in [1.165, 1.54) is 6.92 Å². The van der Waals surface area contributed by atoms with Crippen LogP contribution >= 0.6 is 15.9 Å². The Bertz CT molecular complexity index is 347. The number of rotatable bonds is 3. The van der Waals surface area contributed by atoms with E-state index in [1.54, 1.807) is 13.8 Å². The van der Waals surface area contributed by atoms with Gasteiger partial charge in [0.05, 0.1) is 4.47 Å². The lowest BCUT2D eigenvalue weighted by atomic mass is 10.3. The number of halogens is 4. The fourth-order valence-corrected chi connectivity index (χ4v) is 2.04. The minimum Gasteiger partial charge on any atom is -0.260 e. The quantitative estimate of drug-likeness (QED) is 0.814. The first kappa shape index (κ1) is 12.5. The summed E-state index contributed by atoms with van der Waals surface area (Å²) in [6, 6.07) is -0.224. The summed E-state index contributed by atoms with van der Waals surface area (Å²) in [4.78, 5) is 0. The molecule has 0 aliphatic heterocycles. The van der Waals surface area contributed by atoms with Gasteiger partial charge in [-0.05, 0) is 36.7 Å². The van der Waals surface area contributed by atoms with Crippen LogP contribution in [0.4, 0.5) is 13.2 Å². The summed E-state index contributed by atoms with van der Waals surface area (Å²) in [6.07, 6.45) is -4.03. The van der Waals surface area contributed by atoms with E-state index in [1.807, 2.05) is 0 Å². The Balaban J connectivity index is 3.33. The number of nitrogens with zero attached hydrogens (tertiary/aromatic N) is 2. The Morgan fingerprint density at radius 3 is 2.00 bits per heavy atom. The standard InChI is InChI=1S/C9H12BrF3N2/c1-4(2)15-8(9(12)13)6(10)7(14-15)5(3)11/h4-5,9H,1-3H3. The van der Waals surface area contributed by atoms with Crippen LogP contribution in [0.2, 0.25) is 0 Å². The van der Waals surface area contributed by atoms with Gasteiger partial charge < -0.3 is 0 Å². The molecule has 1 atom stereocenters. The molecule has 0 saturated heterocycles. The molecule has 1 aromatic heterocycles. The second kappa shape index (κ2) is 4.55. The number of hydrogen-bond donors (Lipinski definition) is 0. The van der Waals surface area contributed by atoms with Crippen molar-refractivity contribution >= 4 is 15.9 Å². The fraction of sp³-hybridized carbons (Fsp3) is 0.667. The molecule has 1 unspecified atom stereocenters. The molecule has 0 spiro atoms. The van der Waals surface area contributed by atoms with Crippen molar-refractivity contribution in [1.29, 1.82) is 0 Å². The maximum atomic E-state index is 13.1. The lowest BCUT2D eigenvalue weighted by Crippen LogP contribution is -2.08. The minimum atomic E-state index is -2.67. The van der Waals surface area contributed by atoms with E-state index in [0.717, 1.165) is 4.68 Å². The van der Waals surface area contributed by atoms with Crippen LogP contribution in [0, 0.1) is 0 Å². The Kier molecular flexibility index (Phi) is 3.81. The van der Waals surface area contributed by atoms with Gasteiger partial charge in [-0.2, -0.15) is 5.10 Å². The first-order chi connectivity index (χ1) is 6.86. The van der Waals surface area contributed by atoms with Crippen molar-refractivity contribution in [2.24, 2.45) is 0 Å². The van der Waals surface area contributed by atoms with Crippen LogP contribution in [-0.4, -0.2) is 9.78 Å². The van der Waals surface area contributed by atoms with Crippen LogP contribution in [0.1, 0.15) is 50.8 Å². The molecule has 0 saturated carbocycles. The molecule has 1 rings (SSSR count). The molecular weight excluding hydrogens is 273 g/mol. The Morgan fingerprint density at radius 1 is 1.20 bits per heavy atom. The lowest BCUT2D eigenvalue weighted by Gasteiger charge is -2.09. The van der Waals surface area contributed by atoms with Gasteiger partial charge in [-0.15, -0.1) is 0 Å². The van der Waals surface area contributed by atoms with Gasteiger partial charge >= 0.3 is 0 Å². The molecular formula is C9H12BrF3N2. The van der Waals surface area contributed by atoms with E-state index >= 15 is 0 Å². The molecule has 15 heavy (non-hydrogen) atoms. The maximum Gasteiger partial charge on any atom is 0.281 e. The lowest BCUT2D eigenvalue weighted by molar-refractivity contribution is 0.136. The van der Waals surface area contributed by atoms with E-state index in [4.69, 9.17) is 0 Å². The summed E-state index contributed by atoms with van der Waals surface area (Å²) in [5.74, 6) is 0. The second-order valence-corrected chi connectivity index (χ2v) is 4.33. The van der Waals surface area contributed by atoms with Crippen molar-refractivity contribution in [1.82, 2.24) is 9.78 Å². The van der Waals surface area contributed by atoms with Crippen LogP contribution in [0.15, 0.2) is 4.47 Å². The highest BCUT2D eigenvalue weighted by molar-refractivity contribution is 9.10. The number of aromatic nitrogens is 2. The molecule has 0 aliphatic carbocycles. The topological polar surface area (TPSA) is 17.8 Å². The van der Waals surface area contributed by atoms with Crippen LogP contribution in [0.5, 0.6) is 0 Å². The van der Waals surface area contributed by atoms with Gasteiger partial charge in [0.25, 0.3) is 6.43 Å². The Hall–Kier alpha value is -0.520. The van der Waals surface area contributed by atoms with Crippen LogP contribution in [0.25, 0.3) is 0 Å². The highest BCUT2D eigenvalue weighted by Crippen LogP contribution is 2.35. The van der Waals surface area contributed by atoms with Gasteiger partial charge in [0, 0.05) is 6.04 Å². The normalized spacial score (nSPS) is 13.9. The molecule has 0 bridgehead atoms. The fourth-order valence-electron chi connectivity index (χ4n) is 1.29. The first-order valence-corrected chi connectivity index (χ1v) is 5.35. The maximum absolute atomic E-state index is 13.1. The van der Waals surface area contributed by atoms with Crippen molar-refractivity contribution < 1.29 is 13.2 Å². The van der Waals surface area contributed by atoms with Gasteiger partial charge in [0.1, 0.15) is 17.6 Å². The summed E-state index contributed by atoms with van der Waals surface area (Å²) in [6.45, 7) is 4.71. The largest absolute Gasteiger partial charge is 0.281 e. The van der Waals surface area contributed by atoms with Crippen LogP contribution in [0.3, 0.4) is 0 Å².